The van der Waals surface area contributed by atoms with Crippen LogP contribution in [0, 0.1) is 0 Å². The highest BCUT2D eigenvalue weighted by Crippen LogP contribution is 2.32. The molecule has 104 valence electrons. The lowest BCUT2D eigenvalue weighted by Crippen LogP contribution is -2.37. The Morgan fingerprint density at radius 1 is 1.37 bits per heavy atom. The van der Waals surface area contributed by atoms with Crippen LogP contribution in [-0.2, 0) is 4.79 Å². The average molecular weight is 318 g/mol. The molecule has 1 aliphatic carbocycles. The standard InChI is InChI=1S/C14H17Cl2NOS/c1-9(14(18)17-11-4-2-3-5-11)19-13-8-10(15)6-7-12(13)16/h6-9,11H,2-5H2,1H3,(H,17,18). The van der Waals surface area contributed by atoms with E-state index in [-0.39, 0.29) is 11.2 Å². The lowest BCUT2D eigenvalue weighted by molar-refractivity contribution is -0.120. The van der Waals surface area contributed by atoms with Gasteiger partial charge in [0.2, 0.25) is 5.91 Å². The van der Waals surface area contributed by atoms with Crippen molar-refractivity contribution in [2.45, 2.75) is 48.8 Å². The summed E-state index contributed by atoms with van der Waals surface area (Å²) in [5, 5.41) is 4.20. The predicted octanol–water partition coefficient (Wildman–Crippen LogP) is 4.53. The minimum Gasteiger partial charge on any atom is -0.352 e. The molecule has 0 aromatic heterocycles. The number of benzene rings is 1. The Bertz CT molecular complexity index is 461. The van der Waals surface area contributed by atoms with Gasteiger partial charge in [-0.25, -0.2) is 0 Å². The number of halogens is 2. The Labute approximate surface area is 128 Å². The van der Waals surface area contributed by atoms with Gasteiger partial charge in [0.15, 0.2) is 0 Å². The van der Waals surface area contributed by atoms with E-state index in [1.807, 2.05) is 6.92 Å². The number of rotatable bonds is 4. The molecule has 2 nitrogen and oxygen atoms in total. The number of hydrogen-bond donors (Lipinski definition) is 1. The Kier molecular flexibility index (Phi) is 5.43. The van der Waals surface area contributed by atoms with Crippen LogP contribution in [-0.4, -0.2) is 17.2 Å². The molecule has 1 N–H and O–H groups in total. The van der Waals surface area contributed by atoms with Gasteiger partial charge in [-0.3, -0.25) is 4.79 Å². The molecule has 1 aromatic rings. The fourth-order valence-electron chi connectivity index (χ4n) is 2.20. The number of amides is 1. The summed E-state index contributed by atoms with van der Waals surface area (Å²) in [5.74, 6) is 0.0768. The molecule has 0 spiro atoms. The van der Waals surface area contributed by atoms with Gasteiger partial charge in [0.05, 0.1) is 10.3 Å². The summed E-state index contributed by atoms with van der Waals surface area (Å²) in [7, 11) is 0. The van der Waals surface area contributed by atoms with Gasteiger partial charge in [0.1, 0.15) is 0 Å². The van der Waals surface area contributed by atoms with Gasteiger partial charge in [-0.2, -0.15) is 0 Å². The van der Waals surface area contributed by atoms with Crippen LogP contribution in [0.1, 0.15) is 32.6 Å². The zero-order chi connectivity index (χ0) is 13.8. The number of thioether (sulfide) groups is 1. The van der Waals surface area contributed by atoms with Crippen molar-refractivity contribution >= 4 is 40.9 Å². The molecule has 1 aromatic carbocycles. The van der Waals surface area contributed by atoms with Gasteiger partial charge in [0.25, 0.3) is 0 Å². The molecular formula is C14H17Cl2NOS. The van der Waals surface area contributed by atoms with Crippen molar-refractivity contribution in [3.63, 3.8) is 0 Å². The molecule has 1 atom stereocenters. The highest BCUT2D eigenvalue weighted by Gasteiger charge is 2.21. The molecule has 2 rings (SSSR count). The minimum atomic E-state index is -0.170. The molecule has 1 aliphatic rings. The molecule has 1 fully saturated rings. The third kappa shape index (κ3) is 4.30. The lowest BCUT2D eigenvalue weighted by Gasteiger charge is -2.16. The third-order valence-electron chi connectivity index (χ3n) is 3.27. The van der Waals surface area contributed by atoms with Crippen LogP contribution in [0.3, 0.4) is 0 Å². The van der Waals surface area contributed by atoms with Crippen LogP contribution in [0.5, 0.6) is 0 Å². The van der Waals surface area contributed by atoms with Crippen molar-refractivity contribution in [3.05, 3.63) is 28.2 Å². The molecule has 1 unspecified atom stereocenters. The summed E-state index contributed by atoms with van der Waals surface area (Å²) in [5.41, 5.74) is 0. The van der Waals surface area contributed by atoms with Crippen molar-refractivity contribution in [2.75, 3.05) is 0 Å². The molecule has 0 heterocycles. The molecule has 0 radical (unpaired) electrons. The van der Waals surface area contributed by atoms with E-state index in [2.05, 4.69) is 5.32 Å². The maximum absolute atomic E-state index is 12.1. The SMILES string of the molecule is CC(Sc1cc(Cl)ccc1Cl)C(=O)NC1CCCC1. The first kappa shape index (κ1) is 15.0. The van der Waals surface area contributed by atoms with Crippen LogP contribution < -0.4 is 5.32 Å². The van der Waals surface area contributed by atoms with Gasteiger partial charge in [-0.1, -0.05) is 36.0 Å². The number of carbonyl (C=O) groups excluding carboxylic acids is 1. The molecule has 1 amide bonds. The lowest BCUT2D eigenvalue weighted by atomic mass is 10.2. The van der Waals surface area contributed by atoms with Gasteiger partial charge >= 0.3 is 0 Å². The summed E-state index contributed by atoms with van der Waals surface area (Å²) in [6, 6.07) is 5.66. The fourth-order valence-corrected chi connectivity index (χ4v) is 3.62. The van der Waals surface area contributed by atoms with Crippen LogP contribution in [0.4, 0.5) is 0 Å². The Morgan fingerprint density at radius 3 is 2.74 bits per heavy atom. The molecule has 1 saturated carbocycles. The van der Waals surface area contributed by atoms with Crippen molar-refractivity contribution in [3.8, 4) is 0 Å². The largest absolute Gasteiger partial charge is 0.352 e. The third-order valence-corrected chi connectivity index (χ3v) is 5.10. The number of carbonyl (C=O) groups is 1. The van der Waals surface area contributed by atoms with E-state index in [0.29, 0.717) is 16.1 Å². The second-order valence-electron chi connectivity index (χ2n) is 4.82. The smallest absolute Gasteiger partial charge is 0.233 e. The van der Waals surface area contributed by atoms with E-state index >= 15 is 0 Å². The van der Waals surface area contributed by atoms with E-state index in [9.17, 15) is 4.79 Å². The predicted molar refractivity (Wildman–Crippen MR) is 82.2 cm³/mol. The summed E-state index contributed by atoms with van der Waals surface area (Å²) >= 11 is 13.5. The topological polar surface area (TPSA) is 29.1 Å². The van der Waals surface area contributed by atoms with E-state index in [4.69, 9.17) is 23.2 Å². The molecule has 0 aliphatic heterocycles. The maximum Gasteiger partial charge on any atom is 0.233 e. The van der Waals surface area contributed by atoms with Gasteiger partial charge < -0.3 is 5.32 Å². The first-order valence-corrected chi connectivity index (χ1v) is 8.12. The Hall–Kier alpha value is -0.380. The van der Waals surface area contributed by atoms with E-state index in [1.54, 1.807) is 18.2 Å². The first-order valence-electron chi connectivity index (χ1n) is 6.48. The highest BCUT2D eigenvalue weighted by molar-refractivity contribution is 8.00. The van der Waals surface area contributed by atoms with Gasteiger partial charge in [-0.05, 0) is 38.0 Å². The quantitative estimate of drug-likeness (QED) is 0.826. The summed E-state index contributed by atoms with van der Waals surface area (Å²) < 4.78 is 0. The second kappa shape index (κ2) is 6.87. The number of hydrogen-bond acceptors (Lipinski definition) is 2. The molecule has 5 heteroatoms. The van der Waals surface area contributed by atoms with Crippen LogP contribution in [0.25, 0.3) is 0 Å². The van der Waals surface area contributed by atoms with Gasteiger partial charge in [0, 0.05) is 16.0 Å². The monoisotopic (exact) mass is 317 g/mol. The van der Waals surface area contributed by atoms with Crippen LogP contribution in [0.2, 0.25) is 10.0 Å². The zero-order valence-corrected chi connectivity index (χ0v) is 13.1. The van der Waals surface area contributed by atoms with Crippen LogP contribution in [0.15, 0.2) is 23.1 Å². The van der Waals surface area contributed by atoms with Gasteiger partial charge in [-0.15, -0.1) is 11.8 Å². The minimum absolute atomic E-state index is 0.0768. The van der Waals surface area contributed by atoms with Crippen LogP contribution >= 0.6 is 35.0 Å². The Morgan fingerprint density at radius 2 is 2.05 bits per heavy atom. The maximum atomic E-state index is 12.1. The highest BCUT2D eigenvalue weighted by atomic mass is 35.5. The van der Waals surface area contributed by atoms with Crippen molar-refractivity contribution in [1.29, 1.82) is 0 Å². The summed E-state index contributed by atoms with van der Waals surface area (Å²) in [6.45, 7) is 1.90. The van der Waals surface area contributed by atoms with E-state index in [1.165, 1.54) is 24.6 Å². The van der Waals surface area contributed by atoms with Crippen molar-refractivity contribution in [1.82, 2.24) is 5.32 Å². The summed E-state index contributed by atoms with van der Waals surface area (Å²) in [4.78, 5) is 12.9. The molecular weight excluding hydrogens is 301 g/mol. The first-order chi connectivity index (χ1) is 9.06. The summed E-state index contributed by atoms with van der Waals surface area (Å²) in [6.07, 6.45) is 4.63. The van der Waals surface area contributed by atoms with E-state index < -0.39 is 0 Å². The average Bonchev–Trinajstić information content (AvgIpc) is 2.86. The molecule has 19 heavy (non-hydrogen) atoms. The normalized spacial score (nSPS) is 17.4. The Balaban J connectivity index is 1.93. The van der Waals surface area contributed by atoms with Crippen molar-refractivity contribution in [2.24, 2.45) is 0 Å². The zero-order valence-electron chi connectivity index (χ0n) is 10.8. The molecule has 0 saturated heterocycles. The fraction of sp³-hybridized carbons (Fsp3) is 0.500. The molecule has 0 bridgehead atoms. The van der Waals surface area contributed by atoms with E-state index in [0.717, 1.165) is 17.7 Å². The second-order valence-corrected chi connectivity index (χ2v) is 7.05. The van der Waals surface area contributed by atoms with Crippen molar-refractivity contribution < 1.29 is 4.79 Å². The number of nitrogens with one attached hydrogen (secondary N) is 1.